The van der Waals surface area contributed by atoms with Crippen LogP contribution in [-0.4, -0.2) is 22.8 Å². The molecule has 1 aliphatic heterocycles. The molecule has 0 saturated heterocycles. The van der Waals surface area contributed by atoms with Gasteiger partial charge in [-0.3, -0.25) is 4.79 Å². The molecule has 0 saturated carbocycles. The second-order valence-corrected chi connectivity index (χ2v) is 6.87. The van der Waals surface area contributed by atoms with E-state index in [4.69, 9.17) is 10.4 Å². The van der Waals surface area contributed by atoms with Crippen LogP contribution in [0.3, 0.4) is 0 Å². The van der Waals surface area contributed by atoms with Crippen LogP contribution >= 0.6 is 0 Å². The van der Waals surface area contributed by atoms with Gasteiger partial charge in [0.2, 0.25) is 0 Å². The fraction of sp³-hybridized carbons (Fsp3) is 0.350. The Bertz CT molecular complexity index is 706. The van der Waals surface area contributed by atoms with Crippen LogP contribution in [0.25, 0.3) is 0 Å². The Balaban J connectivity index is 0.000000673. The molecule has 142 valence electrons. The quantitative estimate of drug-likeness (QED) is 0.351. The molecule has 0 aromatic heterocycles. The van der Waals surface area contributed by atoms with E-state index >= 15 is 0 Å². The molecular formula is C20H25N3O2Pt. The van der Waals surface area contributed by atoms with E-state index < -0.39 is 0 Å². The van der Waals surface area contributed by atoms with Crippen molar-refractivity contribution in [1.29, 1.82) is 5.26 Å². The number of allylic oxidation sites excluding steroid dienone is 3. The molecule has 0 aliphatic carbocycles. The molecule has 1 heterocycles. The zero-order valence-electron chi connectivity index (χ0n) is 16.0. The number of hydrogen-bond acceptors (Lipinski definition) is 5. The van der Waals surface area contributed by atoms with Crippen LogP contribution < -0.4 is 4.90 Å². The summed E-state index contributed by atoms with van der Waals surface area (Å²) in [5, 5.41) is 17.1. The molecule has 0 amide bonds. The van der Waals surface area contributed by atoms with Gasteiger partial charge < -0.3 is 14.9 Å². The molecule has 0 spiro atoms. The summed E-state index contributed by atoms with van der Waals surface area (Å²) in [6, 6.07) is 10.7. The van der Waals surface area contributed by atoms with E-state index in [2.05, 4.69) is 44.0 Å². The molecule has 5 nitrogen and oxygen atoms in total. The number of rotatable bonds is 2. The van der Waals surface area contributed by atoms with Crippen LogP contribution in [0.4, 0.5) is 5.69 Å². The average Bonchev–Trinajstić information content (AvgIpc) is 2.89. The molecule has 0 radical (unpaired) electrons. The summed E-state index contributed by atoms with van der Waals surface area (Å²) < 4.78 is 0. The number of aliphatic hydroxyl groups excluding tert-OH is 1. The zero-order valence-corrected chi connectivity index (χ0v) is 18.2. The molecule has 1 aromatic carbocycles. The van der Waals surface area contributed by atoms with Gasteiger partial charge in [0.25, 0.3) is 0 Å². The Labute approximate surface area is 170 Å². The Morgan fingerprint density at radius 2 is 1.96 bits per heavy atom. The first-order valence-electron chi connectivity index (χ1n) is 7.92. The summed E-state index contributed by atoms with van der Waals surface area (Å²) in [5.41, 5.74) is 2.93. The Hall–Kier alpha value is -2.05. The maximum Gasteiger partial charge on any atom is 2.00 e. The van der Waals surface area contributed by atoms with E-state index in [0.29, 0.717) is 5.56 Å². The van der Waals surface area contributed by atoms with Crippen LogP contribution in [0.2, 0.25) is 0 Å². The number of nitrogens with zero attached hydrogens (tertiary/aromatic N) is 3. The van der Waals surface area contributed by atoms with Gasteiger partial charge in [0.1, 0.15) is 0 Å². The van der Waals surface area contributed by atoms with E-state index in [0.717, 1.165) is 5.69 Å². The predicted octanol–water partition coefficient (Wildman–Crippen LogP) is 4.15. The van der Waals surface area contributed by atoms with E-state index in [1.807, 2.05) is 30.7 Å². The number of carbonyl (C=O) groups is 1. The first-order valence-corrected chi connectivity index (χ1v) is 7.92. The molecule has 0 bridgehead atoms. The molecule has 0 fully saturated rings. The minimum absolute atomic E-state index is 0. The van der Waals surface area contributed by atoms with Crippen LogP contribution in [0.5, 0.6) is 0 Å². The normalized spacial score (nSPS) is 13.9. The van der Waals surface area contributed by atoms with E-state index in [1.54, 1.807) is 6.07 Å². The third-order valence-electron chi connectivity index (χ3n) is 3.32. The Morgan fingerprint density at radius 3 is 2.27 bits per heavy atom. The number of hydrogen-bond donors (Lipinski definition) is 1. The fourth-order valence-corrected chi connectivity index (χ4v) is 2.30. The molecule has 1 N–H and O–H groups in total. The van der Waals surface area contributed by atoms with Crippen molar-refractivity contribution in [1.82, 2.24) is 4.90 Å². The summed E-state index contributed by atoms with van der Waals surface area (Å²) in [4.78, 5) is 14.2. The third-order valence-corrected chi connectivity index (χ3v) is 3.32. The fourth-order valence-electron chi connectivity index (χ4n) is 2.30. The van der Waals surface area contributed by atoms with Crippen molar-refractivity contribution in [2.75, 3.05) is 11.9 Å². The van der Waals surface area contributed by atoms with Crippen LogP contribution in [0, 0.1) is 29.5 Å². The van der Waals surface area contributed by atoms with Crippen LogP contribution in [0.15, 0.2) is 41.9 Å². The van der Waals surface area contributed by atoms with Crippen molar-refractivity contribution >= 4 is 11.5 Å². The van der Waals surface area contributed by atoms with Crippen molar-refractivity contribution in [3.05, 3.63) is 60.2 Å². The van der Waals surface area contributed by atoms with Gasteiger partial charge >= 0.3 is 21.1 Å². The number of nitriles is 1. The van der Waals surface area contributed by atoms with Gasteiger partial charge in [-0.2, -0.15) is 24.9 Å². The van der Waals surface area contributed by atoms with Crippen molar-refractivity contribution in [3.63, 3.8) is 0 Å². The maximum atomic E-state index is 10.0. The summed E-state index contributed by atoms with van der Waals surface area (Å²) in [7, 11) is 2.04. The molecule has 0 unspecified atom stereocenters. The number of ketones is 1. The molecule has 1 aliphatic rings. The first-order chi connectivity index (χ1) is 11.5. The SMILES string of the molecule is CC(=O)C=C(C)O.CN1[CH-]N(c2[c-]cc(C#N)cc2)C=C1C(C)(C)C.[Pt+2]. The van der Waals surface area contributed by atoms with Crippen molar-refractivity contribution in [2.45, 2.75) is 34.6 Å². The number of aliphatic hydroxyl groups is 1. The van der Waals surface area contributed by atoms with Crippen LogP contribution in [-0.2, 0) is 25.9 Å². The zero-order chi connectivity index (χ0) is 19.2. The van der Waals surface area contributed by atoms with E-state index in [9.17, 15) is 4.79 Å². The minimum atomic E-state index is -0.125. The van der Waals surface area contributed by atoms with Gasteiger partial charge in [-0.1, -0.05) is 26.3 Å². The summed E-state index contributed by atoms with van der Waals surface area (Å²) in [6.07, 6.45) is 3.28. The molecular weight excluding hydrogens is 509 g/mol. The van der Waals surface area contributed by atoms with Gasteiger partial charge in [0, 0.05) is 23.3 Å². The van der Waals surface area contributed by atoms with Gasteiger partial charge in [-0.25, -0.2) is 5.26 Å². The number of benzene rings is 1. The molecule has 26 heavy (non-hydrogen) atoms. The first kappa shape index (κ1) is 23.9. The maximum absolute atomic E-state index is 10.0. The molecule has 6 heteroatoms. The Morgan fingerprint density at radius 1 is 1.35 bits per heavy atom. The second-order valence-electron chi connectivity index (χ2n) is 6.87. The largest absolute Gasteiger partial charge is 2.00 e. The summed E-state index contributed by atoms with van der Waals surface area (Å²) in [5.74, 6) is -0.0625. The van der Waals surface area contributed by atoms with Crippen molar-refractivity contribution in [3.8, 4) is 6.07 Å². The third kappa shape index (κ3) is 7.45. The Kier molecular flexibility index (Phi) is 9.38. The topological polar surface area (TPSA) is 67.6 Å². The molecule has 1 aromatic rings. The minimum Gasteiger partial charge on any atom is -0.512 e. The van der Waals surface area contributed by atoms with Crippen molar-refractivity contribution < 1.29 is 31.0 Å². The monoisotopic (exact) mass is 534 g/mol. The van der Waals surface area contributed by atoms with Crippen molar-refractivity contribution in [2.24, 2.45) is 5.41 Å². The smallest absolute Gasteiger partial charge is 0.512 e. The average molecular weight is 535 g/mol. The molecule has 2 rings (SSSR count). The van der Waals surface area contributed by atoms with Gasteiger partial charge in [0.15, 0.2) is 5.78 Å². The predicted molar refractivity (Wildman–Crippen MR) is 99.1 cm³/mol. The second kappa shape index (κ2) is 10.2. The van der Waals surface area contributed by atoms with Crippen LogP contribution in [0.1, 0.15) is 40.2 Å². The van der Waals surface area contributed by atoms with E-state index in [-0.39, 0.29) is 38.0 Å². The van der Waals surface area contributed by atoms with Gasteiger partial charge in [-0.05, 0) is 27.1 Å². The van der Waals surface area contributed by atoms with Gasteiger partial charge in [-0.15, -0.1) is 11.8 Å². The number of anilines is 1. The number of carbonyl (C=O) groups excluding carboxylic acids is 1. The summed E-state index contributed by atoms with van der Waals surface area (Å²) >= 11 is 0. The van der Waals surface area contributed by atoms with Gasteiger partial charge in [0.05, 0.1) is 5.76 Å². The standard InChI is InChI=1S/C15H17N3.C5H8O2.Pt/c1-15(2,3)14-10-18(11-17(14)4)13-7-5-12(9-16)6-8-13;1-4(6)3-5(2)7;/h5-7,10-11H,1-4H3;3,6H,1-2H3;/q-2;;+2. The van der Waals surface area contributed by atoms with E-state index in [1.165, 1.54) is 25.6 Å². The summed E-state index contributed by atoms with van der Waals surface area (Å²) in [6.45, 7) is 11.4. The molecule has 0 atom stereocenters.